The van der Waals surface area contributed by atoms with Gasteiger partial charge >= 0.3 is 0 Å². The Balaban J connectivity index is 1.63. The van der Waals surface area contributed by atoms with E-state index in [0.717, 1.165) is 44.6 Å². The van der Waals surface area contributed by atoms with Gasteiger partial charge in [-0.1, -0.05) is 44.2 Å². The third kappa shape index (κ3) is 6.61. The van der Waals surface area contributed by atoms with Crippen LogP contribution in [0.4, 0.5) is 0 Å². The summed E-state index contributed by atoms with van der Waals surface area (Å²) in [6.45, 7) is 7.99. The van der Waals surface area contributed by atoms with Crippen LogP contribution in [0.5, 0.6) is 0 Å². The smallest absolute Gasteiger partial charge is 0.191 e. The van der Waals surface area contributed by atoms with Crippen LogP contribution >= 0.6 is 0 Å². The number of hydrogen-bond acceptors (Lipinski definition) is 2. The van der Waals surface area contributed by atoms with Crippen LogP contribution in [0.25, 0.3) is 0 Å². The lowest BCUT2D eigenvalue weighted by molar-refractivity contribution is 0.123. The number of nitrogens with one attached hydrogen (secondary N) is 2. The van der Waals surface area contributed by atoms with Gasteiger partial charge in [0.25, 0.3) is 0 Å². The second-order valence-electron chi connectivity index (χ2n) is 6.97. The maximum atomic E-state index is 5.64. The molecule has 1 aliphatic rings. The lowest BCUT2D eigenvalue weighted by Gasteiger charge is -2.26. The van der Waals surface area contributed by atoms with Gasteiger partial charge in [0, 0.05) is 38.8 Å². The second kappa shape index (κ2) is 8.92. The average Bonchev–Trinajstić information content (AvgIpc) is 3.38. The van der Waals surface area contributed by atoms with E-state index < -0.39 is 0 Å². The number of rotatable bonds is 9. The van der Waals surface area contributed by atoms with Crippen molar-refractivity contribution >= 4 is 5.96 Å². The Kier molecular flexibility index (Phi) is 6.90. The molecule has 0 spiro atoms. The molecule has 128 valence electrons. The van der Waals surface area contributed by atoms with Crippen LogP contribution in [0.15, 0.2) is 35.3 Å². The number of nitrogens with zero attached hydrogens (tertiary/aromatic N) is 1. The van der Waals surface area contributed by atoms with Crippen LogP contribution in [0.2, 0.25) is 0 Å². The maximum Gasteiger partial charge on any atom is 0.191 e. The zero-order chi connectivity index (χ0) is 16.5. The predicted octanol–water partition coefficient (Wildman–Crippen LogP) is 2.95. The largest absolute Gasteiger partial charge is 0.381 e. The highest BCUT2D eigenvalue weighted by molar-refractivity contribution is 5.79. The van der Waals surface area contributed by atoms with E-state index in [1.54, 1.807) is 0 Å². The SMILES string of the molecule is CN=C(NCCCOCC1CC1)NCC(C)(C)c1ccccc1. The molecule has 0 unspecified atom stereocenters. The van der Waals surface area contributed by atoms with Gasteiger partial charge in [0.15, 0.2) is 5.96 Å². The Morgan fingerprint density at radius 2 is 1.96 bits per heavy atom. The monoisotopic (exact) mass is 317 g/mol. The molecule has 2 rings (SSSR count). The Morgan fingerprint density at radius 3 is 2.61 bits per heavy atom. The molecule has 1 aromatic carbocycles. The summed E-state index contributed by atoms with van der Waals surface area (Å²) in [6, 6.07) is 10.6. The highest BCUT2D eigenvalue weighted by atomic mass is 16.5. The van der Waals surface area contributed by atoms with Crippen molar-refractivity contribution in [3.63, 3.8) is 0 Å². The van der Waals surface area contributed by atoms with E-state index in [-0.39, 0.29) is 5.41 Å². The summed E-state index contributed by atoms with van der Waals surface area (Å²) in [5.74, 6) is 1.70. The summed E-state index contributed by atoms with van der Waals surface area (Å²) in [5.41, 5.74) is 1.39. The molecule has 0 saturated heterocycles. The zero-order valence-electron chi connectivity index (χ0n) is 14.8. The van der Waals surface area contributed by atoms with Crippen molar-refractivity contribution < 1.29 is 4.74 Å². The summed E-state index contributed by atoms with van der Waals surface area (Å²) >= 11 is 0. The fourth-order valence-corrected chi connectivity index (χ4v) is 2.43. The topological polar surface area (TPSA) is 45.7 Å². The molecule has 0 radical (unpaired) electrons. The molecular weight excluding hydrogens is 286 g/mol. The number of guanidine groups is 1. The molecular formula is C19H31N3O. The van der Waals surface area contributed by atoms with Gasteiger partial charge in [-0.05, 0) is 30.7 Å². The quantitative estimate of drug-likeness (QED) is 0.418. The molecule has 0 atom stereocenters. The summed E-state index contributed by atoms with van der Waals surface area (Å²) in [5, 5.41) is 6.78. The fourth-order valence-electron chi connectivity index (χ4n) is 2.43. The maximum absolute atomic E-state index is 5.64. The van der Waals surface area contributed by atoms with Crippen molar-refractivity contribution in [1.82, 2.24) is 10.6 Å². The Labute approximate surface area is 140 Å². The van der Waals surface area contributed by atoms with Gasteiger partial charge in [-0.2, -0.15) is 0 Å². The second-order valence-corrected chi connectivity index (χ2v) is 6.97. The fraction of sp³-hybridized carbons (Fsp3) is 0.632. The zero-order valence-corrected chi connectivity index (χ0v) is 14.8. The molecule has 0 aliphatic heterocycles. The summed E-state index contributed by atoms with van der Waals surface area (Å²) in [7, 11) is 1.81. The molecule has 0 heterocycles. The van der Waals surface area contributed by atoms with Gasteiger partial charge in [0.05, 0.1) is 0 Å². The molecule has 1 aromatic rings. The van der Waals surface area contributed by atoms with Gasteiger partial charge in [0.1, 0.15) is 0 Å². The van der Waals surface area contributed by atoms with Gasteiger partial charge in [-0.15, -0.1) is 0 Å². The van der Waals surface area contributed by atoms with Gasteiger partial charge in [-0.3, -0.25) is 4.99 Å². The number of ether oxygens (including phenoxy) is 1. The normalized spacial score (nSPS) is 15.5. The molecule has 1 fully saturated rings. The van der Waals surface area contributed by atoms with E-state index in [2.05, 4.69) is 59.8 Å². The molecule has 4 heteroatoms. The number of benzene rings is 1. The summed E-state index contributed by atoms with van der Waals surface area (Å²) < 4.78 is 5.64. The molecule has 4 nitrogen and oxygen atoms in total. The van der Waals surface area contributed by atoms with Crippen molar-refractivity contribution in [3.05, 3.63) is 35.9 Å². The first kappa shape index (κ1) is 17.8. The highest BCUT2D eigenvalue weighted by Gasteiger charge is 2.21. The molecule has 0 amide bonds. The molecule has 1 saturated carbocycles. The van der Waals surface area contributed by atoms with Crippen molar-refractivity contribution in [2.75, 3.05) is 33.4 Å². The summed E-state index contributed by atoms with van der Waals surface area (Å²) in [4.78, 5) is 4.29. The standard InChI is InChI=1S/C19H31N3O/c1-19(2,17-8-5-4-6-9-17)15-22-18(20-3)21-12-7-13-23-14-16-10-11-16/h4-6,8-9,16H,7,10-15H2,1-3H3,(H2,20,21,22). The number of aliphatic imine (C=N–C) groups is 1. The first-order valence-corrected chi connectivity index (χ1v) is 8.69. The molecule has 0 aromatic heterocycles. The van der Waals surface area contributed by atoms with E-state index in [1.165, 1.54) is 18.4 Å². The van der Waals surface area contributed by atoms with E-state index in [4.69, 9.17) is 4.74 Å². The van der Waals surface area contributed by atoms with Crippen LogP contribution in [-0.4, -0.2) is 39.3 Å². The van der Waals surface area contributed by atoms with Crippen LogP contribution in [0.1, 0.15) is 38.7 Å². The summed E-state index contributed by atoms with van der Waals surface area (Å²) in [6.07, 6.45) is 3.72. The molecule has 0 bridgehead atoms. The van der Waals surface area contributed by atoms with Gasteiger partial charge in [-0.25, -0.2) is 0 Å². The Bertz CT molecular complexity index is 481. The number of hydrogen-bond donors (Lipinski definition) is 2. The van der Waals surface area contributed by atoms with Crippen molar-refractivity contribution in [1.29, 1.82) is 0 Å². The minimum absolute atomic E-state index is 0.0618. The Hall–Kier alpha value is -1.55. The molecule has 2 N–H and O–H groups in total. The van der Waals surface area contributed by atoms with Crippen molar-refractivity contribution in [2.45, 2.75) is 38.5 Å². The highest BCUT2D eigenvalue weighted by Crippen LogP contribution is 2.28. The van der Waals surface area contributed by atoms with Crippen LogP contribution in [0, 0.1) is 5.92 Å². The first-order valence-electron chi connectivity index (χ1n) is 8.69. The molecule has 23 heavy (non-hydrogen) atoms. The van der Waals surface area contributed by atoms with Crippen molar-refractivity contribution in [3.8, 4) is 0 Å². The minimum atomic E-state index is 0.0618. The van der Waals surface area contributed by atoms with Crippen LogP contribution in [0.3, 0.4) is 0 Å². The minimum Gasteiger partial charge on any atom is -0.381 e. The van der Waals surface area contributed by atoms with E-state index in [1.807, 2.05) is 7.05 Å². The van der Waals surface area contributed by atoms with Gasteiger partial charge < -0.3 is 15.4 Å². The van der Waals surface area contributed by atoms with E-state index in [9.17, 15) is 0 Å². The van der Waals surface area contributed by atoms with Crippen LogP contribution in [-0.2, 0) is 10.2 Å². The first-order chi connectivity index (χ1) is 11.1. The molecule has 1 aliphatic carbocycles. The lowest BCUT2D eigenvalue weighted by atomic mass is 9.85. The lowest BCUT2D eigenvalue weighted by Crippen LogP contribution is -2.43. The Morgan fingerprint density at radius 1 is 1.22 bits per heavy atom. The van der Waals surface area contributed by atoms with Gasteiger partial charge in [0.2, 0.25) is 0 Å². The van der Waals surface area contributed by atoms with Crippen molar-refractivity contribution in [2.24, 2.45) is 10.9 Å². The third-order valence-electron chi connectivity index (χ3n) is 4.29. The predicted molar refractivity (Wildman–Crippen MR) is 97.0 cm³/mol. The van der Waals surface area contributed by atoms with E-state index >= 15 is 0 Å². The average molecular weight is 317 g/mol. The van der Waals surface area contributed by atoms with Crippen LogP contribution < -0.4 is 10.6 Å². The van der Waals surface area contributed by atoms with E-state index in [0.29, 0.717) is 0 Å². The third-order valence-corrected chi connectivity index (χ3v) is 4.29.